The third-order valence-electron chi connectivity index (χ3n) is 3.32. The Bertz CT molecular complexity index is 449. The average molecular weight is 250 g/mol. The van der Waals surface area contributed by atoms with Crippen LogP contribution in [-0.4, -0.2) is 31.0 Å². The average Bonchev–Trinajstić information content (AvgIpc) is 2.38. The first-order chi connectivity index (χ1) is 8.81. The van der Waals surface area contributed by atoms with E-state index in [4.69, 9.17) is 14.6 Å². The molecule has 1 saturated heterocycles. The molecule has 3 rings (SSSR count). The smallest absolute Gasteiger partial charge is 0.124 e. The molecule has 1 fully saturated rings. The number of phenolic OH excluding ortho intramolecular Hbond substituents is 1. The molecule has 0 amide bonds. The maximum atomic E-state index is 8.69. The van der Waals surface area contributed by atoms with E-state index in [1.54, 1.807) is 6.07 Å². The van der Waals surface area contributed by atoms with E-state index in [2.05, 4.69) is 6.92 Å². The molecule has 3 aliphatic rings. The first-order valence-corrected chi connectivity index (χ1v) is 6.84. The monoisotopic (exact) mass is 250 g/mol. The molecule has 3 nitrogen and oxygen atoms in total. The minimum Gasteiger partial charge on any atom is -0.507 e. The molecule has 18 heavy (non-hydrogen) atoms. The van der Waals surface area contributed by atoms with Crippen LogP contribution in [0.5, 0.6) is 5.75 Å². The van der Waals surface area contributed by atoms with Crippen molar-refractivity contribution < 1.29 is 14.6 Å². The fraction of sp³-hybridized carbons (Fsp3) is 0.600. The lowest BCUT2D eigenvalue weighted by atomic mass is 10.1. The van der Waals surface area contributed by atoms with E-state index in [1.807, 2.05) is 12.1 Å². The van der Waals surface area contributed by atoms with E-state index in [-0.39, 0.29) is 0 Å². The van der Waals surface area contributed by atoms with Crippen LogP contribution in [0.25, 0.3) is 0 Å². The second kappa shape index (κ2) is 6.76. The van der Waals surface area contributed by atoms with E-state index in [0.29, 0.717) is 11.9 Å². The zero-order chi connectivity index (χ0) is 12.8. The van der Waals surface area contributed by atoms with Gasteiger partial charge in [-0.3, -0.25) is 0 Å². The fourth-order valence-electron chi connectivity index (χ4n) is 2.09. The van der Waals surface area contributed by atoms with Gasteiger partial charge in [0.05, 0.1) is 25.9 Å². The summed E-state index contributed by atoms with van der Waals surface area (Å²) in [5, 5.41) is 10.9. The summed E-state index contributed by atoms with van der Waals surface area (Å²) < 4.78 is 10.8. The van der Waals surface area contributed by atoms with Crippen molar-refractivity contribution in [2.45, 2.75) is 38.7 Å². The van der Waals surface area contributed by atoms with Crippen LogP contribution in [0.2, 0.25) is 0 Å². The molecule has 3 heteroatoms. The minimum atomic E-state index is 0.385. The molecule has 1 heterocycles. The van der Waals surface area contributed by atoms with Gasteiger partial charge in [0.15, 0.2) is 0 Å². The minimum absolute atomic E-state index is 0.385. The largest absolute Gasteiger partial charge is 0.507 e. The van der Waals surface area contributed by atoms with E-state index in [0.717, 1.165) is 25.0 Å². The number of phenols is 1. The van der Waals surface area contributed by atoms with Gasteiger partial charge < -0.3 is 14.6 Å². The van der Waals surface area contributed by atoms with Gasteiger partial charge >= 0.3 is 0 Å². The molecular weight excluding hydrogens is 228 g/mol. The van der Waals surface area contributed by atoms with E-state index >= 15 is 0 Å². The van der Waals surface area contributed by atoms with Crippen molar-refractivity contribution in [3.05, 3.63) is 28.6 Å². The predicted molar refractivity (Wildman–Crippen MR) is 70.5 cm³/mol. The van der Waals surface area contributed by atoms with E-state index in [1.165, 1.54) is 30.9 Å². The molecule has 0 saturated carbocycles. The highest BCUT2D eigenvalue weighted by atomic mass is 16.6. The summed E-state index contributed by atoms with van der Waals surface area (Å²) in [6.07, 6.45) is 5.45. The van der Waals surface area contributed by atoms with Crippen molar-refractivity contribution in [1.29, 1.82) is 0 Å². The normalized spacial score (nSPS) is 19.9. The molecule has 1 aliphatic heterocycles. The van der Waals surface area contributed by atoms with Crippen LogP contribution < -0.4 is 0 Å². The van der Waals surface area contributed by atoms with Crippen LogP contribution in [0, 0.1) is 10.4 Å². The molecule has 1 N–H and O–H groups in total. The molecule has 0 aromatic rings. The molecule has 1 unspecified atom stereocenters. The lowest BCUT2D eigenvalue weighted by molar-refractivity contribution is -0.0912. The zero-order valence-corrected chi connectivity index (χ0v) is 11.0. The third-order valence-corrected chi connectivity index (χ3v) is 3.32. The van der Waals surface area contributed by atoms with Gasteiger partial charge in [-0.1, -0.05) is 38.3 Å². The molecule has 0 aromatic heterocycles. The zero-order valence-electron chi connectivity index (χ0n) is 11.0. The van der Waals surface area contributed by atoms with Gasteiger partial charge in [0, 0.05) is 5.22 Å². The molecule has 0 radical (unpaired) electrons. The molecular formula is C15H22O3. The SMILES string of the molecule is CCCCCC1COCCO1.Oc1cc2ccc1=2. The second-order valence-corrected chi connectivity index (χ2v) is 4.80. The first kappa shape index (κ1) is 13.4. The Hall–Kier alpha value is -1.06. The Labute approximate surface area is 108 Å². The maximum absolute atomic E-state index is 8.69. The van der Waals surface area contributed by atoms with E-state index in [9.17, 15) is 0 Å². The summed E-state index contributed by atoms with van der Waals surface area (Å²) in [5.74, 6) is 0.442. The van der Waals surface area contributed by atoms with Crippen molar-refractivity contribution in [1.82, 2.24) is 0 Å². The van der Waals surface area contributed by atoms with Gasteiger partial charge in [-0.25, -0.2) is 0 Å². The van der Waals surface area contributed by atoms with Crippen molar-refractivity contribution in [3.8, 4) is 5.75 Å². The maximum Gasteiger partial charge on any atom is 0.124 e. The number of aromatic hydroxyl groups is 1. The first-order valence-electron chi connectivity index (χ1n) is 6.84. The third kappa shape index (κ3) is 3.47. The van der Waals surface area contributed by atoms with Crippen molar-refractivity contribution >= 4 is 0 Å². The van der Waals surface area contributed by atoms with Crippen molar-refractivity contribution in [3.63, 3.8) is 0 Å². The highest BCUT2D eigenvalue weighted by Crippen LogP contribution is 2.21. The molecule has 0 aromatic carbocycles. The molecule has 100 valence electrons. The van der Waals surface area contributed by atoms with Crippen molar-refractivity contribution in [2.75, 3.05) is 19.8 Å². The summed E-state index contributed by atoms with van der Waals surface area (Å²) in [7, 11) is 0. The Balaban J connectivity index is 0.000000146. The van der Waals surface area contributed by atoms with Crippen LogP contribution in [0.4, 0.5) is 0 Å². The van der Waals surface area contributed by atoms with E-state index < -0.39 is 0 Å². The van der Waals surface area contributed by atoms with Gasteiger partial charge in [-0.05, 0) is 17.7 Å². The predicted octanol–water partition coefficient (Wildman–Crippen LogP) is 2.97. The van der Waals surface area contributed by atoms with Crippen LogP contribution in [0.15, 0.2) is 18.2 Å². The Morgan fingerprint density at radius 3 is 2.56 bits per heavy atom. The van der Waals surface area contributed by atoms with Crippen LogP contribution in [-0.2, 0) is 9.47 Å². The van der Waals surface area contributed by atoms with Gasteiger partial charge in [0.1, 0.15) is 5.75 Å². The fourth-order valence-corrected chi connectivity index (χ4v) is 2.09. The summed E-state index contributed by atoms with van der Waals surface area (Å²) in [4.78, 5) is 0. The van der Waals surface area contributed by atoms with Crippen molar-refractivity contribution in [2.24, 2.45) is 0 Å². The second-order valence-electron chi connectivity index (χ2n) is 4.80. The molecule has 2 aliphatic carbocycles. The molecule has 0 bridgehead atoms. The highest BCUT2D eigenvalue weighted by Gasteiger charge is 2.12. The summed E-state index contributed by atoms with van der Waals surface area (Å²) >= 11 is 0. The Morgan fingerprint density at radius 1 is 1.28 bits per heavy atom. The van der Waals surface area contributed by atoms with Gasteiger partial charge in [-0.15, -0.1) is 0 Å². The number of unbranched alkanes of at least 4 members (excludes halogenated alkanes) is 2. The quantitative estimate of drug-likeness (QED) is 0.848. The van der Waals surface area contributed by atoms with Gasteiger partial charge in [0.25, 0.3) is 0 Å². The summed E-state index contributed by atoms with van der Waals surface area (Å²) in [6.45, 7) is 4.60. The lowest BCUT2D eigenvalue weighted by Crippen LogP contribution is -2.28. The molecule has 1 atom stereocenters. The Morgan fingerprint density at radius 2 is 2.17 bits per heavy atom. The summed E-state index contributed by atoms with van der Waals surface area (Å²) in [6, 6.07) is 5.65. The number of ether oxygens (including phenoxy) is 2. The van der Waals surface area contributed by atoms with Crippen LogP contribution >= 0.6 is 0 Å². The Kier molecular flexibility index (Phi) is 5.02. The number of hydrogen-bond donors (Lipinski definition) is 1. The number of benzene rings is 1. The topological polar surface area (TPSA) is 38.7 Å². The van der Waals surface area contributed by atoms with Crippen LogP contribution in [0.3, 0.4) is 0 Å². The number of rotatable bonds is 4. The number of hydrogen-bond acceptors (Lipinski definition) is 3. The van der Waals surface area contributed by atoms with Crippen LogP contribution in [0.1, 0.15) is 32.6 Å². The highest BCUT2D eigenvalue weighted by molar-refractivity contribution is 5.37. The lowest BCUT2D eigenvalue weighted by Gasteiger charge is -2.22. The van der Waals surface area contributed by atoms with Gasteiger partial charge in [0.2, 0.25) is 0 Å². The summed E-state index contributed by atoms with van der Waals surface area (Å²) in [5.41, 5.74) is 0. The van der Waals surface area contributed by atoms with Gasteiger partial charge in [-0.2, -0.15) is 0 Å². The molecule has 0 spiro atoms. The standard InChI is InChI=1S/C9H18O2.C6H4O/c1-2-3-4-5-9-8-10-6-7-11-9;7-6-3-4-1-2-5(4)6/h9H,2-8H2,1H3;1-3,7H.